The summed E-state index contributed by atoms with van der Waals surface area (Å²) in [6.07, 6.45) is 2.98. The van der Waals surface area contributed by atoms with Crippen molar-refractivity contribution in [3.63, 3.8) is 0 Å². The summed E-state index contributed by atoms with van der Waals surface area (Å²) in [6.45, 7) is 11.7. The minimum absolute atomic E-state index is 0.00826. The van der Waals surface area contributed by atoms with Crippen LogP contribution in [-0.2, 0) is 23.1 Å². The van der Waals surface area contributed by atoms with Gasteiger partial charge < -0.3 is 4.74 Å². The van der Waals surface area contributed by atoms with E-state index in [4.69, 9.17) is 4.74 Å². The Bertz CT molecular complexity index is 584. The minimum Gasteiger partial charge on any atom is -0.476 e. The number of rotatable bonds is 6. The lowest BCUT2D eigenvalue weighted by atomic mass is 9.86. The number of aromatic nitrogens is 1. The van der Waals surface area contributed by atoms with E-state index in [2.05, 4.69) is 38.7 Å². The molecule has 0 aromatic carbocycles. The third kappa shape index (κ3) is 4.31. The van der Waals surface area contributed by atoms with E-state index in [0.29, 0.717) is 19.0 Å². The highest BCUT2D eigenvalue weighted by molar-refractivity contribution is 7.76. The van der Waals surface area contributed by atoms with Gasteiger partial charge in [0.05, 0.1) is 6.04 Å². The van der Waals surface area contributed by atoms with Crippen LogP contribution in [0.2, 0.25) is 0 Å². The molecule has 23 heavy (non-hydrogen) atoms. The molecule has 1 aliphatic heterocycles. The van der Waals surface area contributed by atoms with E-state index in [0.717, 1.165) is 30.5 Å². The first-order valence-electron chi connectivity index (χ1n) is 8.25. The lowest BCUT2D eigenvalue weighted by Crippen LogP contribution is -2.51. The largest absolute Gasteiger partial charge is 0.476 e. The Labute approximate surface area is 141 Å². The summed E-state index contributed by atoms with van der Waals surface area (Å²) in [4.78, 5) is 4.68. The van der Waals surface area contributed by atoms with Gasteiger partial charge in [-0.15, -0.1) is 0 Å². The molecule has 0 amide bonds. The molecule has 0 saturated carbocycles. The number of hydrogen-bond donors (Lipinski definition) is 1. The van der Waals surface area contributed by atoms with Gasteiger partial charge >= 0.3 is 0 Å². The number of hydrogen-bond acceptors (Lipinski definition) is 3. The maximum Gasteiger partial charge on any atom is 0.234 e. The fourth-order valence-corrected chi connectivity index (χ4v) is 3.44. The Morgan fingerprint density at radius 3 is 2.65 bits per heavy atom. The third-order valence-electron chi connectivity index (χ3n) is 4.31. The molecule has 2 atom stereocenters. The van der Waals surface area contributed by atoms with Crippen molar-refractivity contribution >= 4 is 11.3 Å². The van der Waals surface area contributed by atoms with Gasteiger partial charge in [-0.1, -0.05) is 34.1 Å². The molecule has 0 radical (unpaired) electrons. The van der Waals surface area contributed by atoms with Crippen molar-refractivity contribution in [2.45, 2.75) is 65.3 Å². The maximum absolute atomic E-state index is 11.2. The van der Waals surface area contributed by atoms with Crippen molar-refractivity contribution in [2.75, 3.05) is 13.2 Å². The Hall–Kier alpha value is -0.980. The van der Waals surface area contributed by atoms with Gasteiger partial charge in [0, 0.05) is 17.8 Å². The normalized spacial score (nSPS) is 20.2. The molecule has 1 fully saturated rings. The molecular weight excluding hydrogens is 312 g/mol. The number of pyridine rings is 1. The second kappa shape index (κ2) is 7.28. The Morgan fingerprint density at radius 2 is 2.17 bits per heavy atom. The molecule has 130 valence electrons. The zero-order valence-corrected chi connectivity index (χ0v) is 15.6. The maximum atomic E-state index is 11.2. The average molecular weight is 340 g/mol. The third-order valence-corrected chi connectivity index (χ3v) is 5.20. The summed E-state index contributed by atoms with van der Waals surface area (Å²) in [5.74, 6) is 0.658. The molecule has 2 heterocycles. The van der Waals surface area contributed by atoms with E-state index in [1.54, 1.807) is 0 Å². The zero-order valence-electron chi connectivity index (χ0n) is 14.8. The van der Waals surface area contributed by atoms with Gasteiger partial charge in [-0.3, -0.25) is 4.55 Å². The summed E-state index contributed by atoms with van der Waals surface area (Å²) < 4.78 is 27.9. The van der Waals surface area contributed by atoms with E-state index < -0.39 is 11.3 Å². The lowest BCUT2D eigenvalue weighted by Gasteiger charge is -2.37. The van der Waals surface area contributed by atoms with Crippen molar-refractivity contribution in [3.05, 3.63) is 22.9 Å². The molecule has 2 rings (SSSR count). The molecule has 2 unspecified atom stereocenters. The second-order valence-corrected chi connectivity index (χ2v) is 8.14. The Morgan fingerprint density at radius 1 is 1.48 bits per heavy atom. The van der Waals surface area contributed by atoms with E-state index in [1.807, 2.05) is 6.92 Å². The number of ether oxygens (including phenoxy) is 1. The van der Waals surface area contributed by atoms with Crippen molar-refractivity contribution in [1.82, 2.24) is 9.29 Å². The molecular formula is C17H28N2O3S. The van der Waals surface area contributed by atoms with Gasteiger partial charge in [-0.2, -0.15) is 4.31 Å². The van der Waals surface area contributed by atoms with Crippen LogP contribution in [0, 0.1) is 6.92 Å². The standard InChI is InChI=1S/C17H28N2O3S/c1-6-7-13-10-15(17(3,4)5)16(18-12(13)2)22-11-14-8-9-19(14)23(20)21/h10,14H,6-9,11H2,1-5H3,(H,20,21). The molecule has 1 saturated heterocycles. The molecule has 1 aromatic heterocycles. The van der Waals surface area contributed by atoms with Crippen LogP contribution < -0.4 is 4.74 Å². The number of nitrogens with zero attached hydrogens (tertiary/aromatic N) is 2. The second-order valence-electron chi connectivity index (χ2n) is 7.21. The summed E-state index contributed by atoms with van der Waals surface area (Å²) in [6, 6.07) is 2.20. The molecule has 6 heteroatoms. The van der Waals surface area contributed by atoms with Gasteiger partial charge in [-0.25, -0.2) is 9.19 Å². The van der Waals surface area contributed by atoms with Crippen LogP contribution in [0.5, 0.6) is 5.88 Å². The fourth-order valence-electron chi connectivity index (χ4n) is 2.76. The van der Waals surface area contributed by atoms with E-state index in [-0.39, 0.29) is 11.5 Å². The topological polar surface area (TPSA) is 62.7 Å². The fraction of sp³-hybridized carbons (Fsp3) is 0.706. The molecule has 1 aliphatic rings. The molecule has 5 nitrogen and oxygen atoms in total. The van der Waals surface area contributed by atoms with Gasteiger partial charge in [-0.05, 0) is 36.8 Å². The predicted molar refractivity (Wildman–Crippen MR) is 93.0 cm³/mol. The van der Waals surface area contributed by atoms with Crippen molar-refractivity contribution in [3.8, 4) is 5.88 Å². The Kier molecular flexibility index (Phi) is 5.81. The van der Waals surface area contributed by atoms with E-state index in [1.165, 1.54) is 9.87 Å². The highest BCUT2D eigenvalue weighted by Crippen LogP contribution is 2.32. The summed E-state index contributed by atoms with van der Waals surface area (Å²) in [5, 5.41) is 0. The summed E-state index contributed by atoms with van der Waals surface area (Å²) >= 11 is -1.91. The van der Waals surface area contributed by atoms with Gasteiger partial charge in [0.2, 0.25) is 17.1 Å². The highest BCUT2D eigenvalue weighted by Gasteiger charge is 2.33. The van der Waals surface area contributed by atoms with Gasteiger partial charge in [0.1, 0.15) is 6.61 Å². The SMILES string of the molecule is CCCc1cc(C(C)(C)C)c(OCC2CCN2S(=O)O)nc1C. The zero-order chi connectivity index (χ0) is 17.2. The summed E-state index contributed by atoms with van der Waals surface area (Å²) in [7, 11) is 0. The van der Waals surface area contributed by atoms with Gasteiger partial charge in [0.25, 0.3) is 0 Å². The van der Waals surface area contributed by atoms with Gasteiger partial charge in [0.15, 0.2) is 0 Å². The van der Waals surface area contributed by atoms with E-state index in [9.17, 15) is 8.76 Å². The van der Waals surface area contributed by atoms with E-state index >= 15 is 0 Å². The molecule has 0 aliphatic carbocycles. The molecule has 0 bridgehead atoms. The van der Waals surface area contributed by atoms with Crippen molar-refractivity contribution < 1.29 is 13.5 Å². The quantitative estimate of drug-likeness (QED) is 0.808. The first kappa shape index (κ1) is 18.4. The minimum atomic E-state index is -1.91. The molecule has 1 aromatic rings. The van der Waals surface area contributed by atoms with Crippen LogP contribution in [-0.4, -0.2) is 37.2 Å². The van der Waals surface area contributed by atoms with Crippen LogP contribution >= 0.6 is 0 Å². The van der Waals surface area contributed by atoms with Crippen LogP contribution in [0.1, 0.15) is 57.4 Å². The van der Waals surface area contributed by atoms with Crippen LogP contribution in [0.4, 0.5) is 0 Å². The van der Waals surface area contributed by atoms with Crippen molar-refractivity contribution in [1.29, 1.82) is 0 Å². The smallest absolute Gasteiger partial charge is 0.234 e. The van der Waals surface area contributed by atoms with Crippen LogP contribution in [0.15, 0.2) is 6.07 Å². The summed E-state index contributed by atoms with van der Waals surface area (Å²) in [5.41, 5.74) is 3.32. The Balaban J connectivity index is 2.20. The molecule has 0 spiro atoms. The highest BCUT2D eigenvalue weighted by atomic mass is 32.2. The monoisotopic (exact) mass is 340 g/mol. The molecule has 1 N–H and O–H groups in total. The average Bonchev–Trinajstić information content (AvgIpc) is 2.38. The first-order chi connectivity index (χ1) is 10.7. The lowest BCUT2D eigenvalue weighted by molar-refractivity contribution is 0.122. The first-order valence-corrected chi connectivity index (χ1v) is 9.31. The van der Waals surface area contributed by atoms with Crippen LogP contribution in [0.3, 0.4) is 0 Å². The van der Waals surface area contributed by atoms with Crippen LogP contribution in [0.25, 0.3) is 0 Å². The number of aryl methyl sites for hydroxylation is 2. The predicted octanol–water partition coefficient (Wildman–Crippen LogP) is 3.23. The van der Waals surface area contributed by atoms with Crippen molar-refractivity contribution in [2.24, 2.45) is 0 Å².